The number of ether oxygens (including phenoxy) is 1. The van der Waals surface area contributed by atoms with Gasteiger partial charge in [-0.2, -0.15) is 0 Å². The van der Waals surface area contributed by atoms with E-state index in [-0.39, 0.29) is 29.8 Å². The highest BCUT2D eigenvalue weighted by molar-refractivity contribution is 6.23. The maximum Gasteiger partial charge on any atom is 0.241 e. The average molecular weight is 283 g/mol. The van der Waals surface area contributed by atoms with Gasteiger partial charge < -0.3 is 4.74 Å². The number of aryl methyl sites for hydroxylation is 2. The summed E-state index contributed by atoms with van der Waals surface area (Å²) in [6, 6.07) is 5.82. The minimum absolute atomic E-state index is 0.131. The zero-order valence-electron chi connectivity index (χ0n) is 12.3. The number of hydrogen-bond acceptors (Lipinski definition) is 3. The van der Waals surface area contributed by atoms with Gasteiger partial charge in [0, 0.05) is 0 Å². The van der Waals surface area contributed by atoms with Crippen LogP contribution in [0.2, 0.25) is 0 Å². The molecule has 0 spiro atoms. The summed E-state index contributed by atoms with van der Waals surface area (Å²) in [5.41, 5.74) is 2.15. The van der Waals surface area contributed by atoms with Crippen molar-refractivity contribution in [3.63, 3.8) is 0 Å². The van der Waals surface area contributed by atoms with Crippen LogP contribution in [-0.4, -0.2) is 23.5 Å². The van der Waals surface area contributed by atoms with Crippen LogP contribution in [0.5, 0.6) is 0 Å². The van der Waals surface area contributed by atoms with Gasteiger partial charge in [0.1, 0.15) is 0 Å². The second-order valence-corrected chi connectivity index (χ2v) is 6.49. The third kappa shape index (κ3) is 1.54. The van der Waals surface area contributed by atoms with Crippen LogP contribution >= 0.6 is 0 Å². The fourth-order valence-corrected chi connectivity index (χ4v) is 3.99. The molecule has 2 bridgehead atoms. The fraction of sp³-hybridized carbons (Fsp3) is 0.412. The summed E-state index contributed by atoms with van der Waals surface area (Å²) in [6.07, 6.45) is 3.58. The number of amides is 2. The predicted molar refractivity (Wildman–Crippen MR) is 77.8 cm³/mol. The molecule has 2 saturated heterocycles. The van der Waals surface area contributed by atoms with Crippen molar-refractivity contribution >= 4 is 17.5 Å². The minimum atomic E-state index is -0.629. The molecule has 21 heavy (non-hydrogen) atoms. The number of imide groups is 1. The average Bonchev–Trinajstić information content (AvgIpc) is 2.98. The standard InChI is InChI=1S/C17H17NO3/c1-9-6-10(2)8-11(7-9)18-15(19)13-12-4-5-17(3,21-12)14(13)16(18)20/h4-8,12-14H,1-3H3. The third-order valence-corrected chi connectivity index (χ3v) is 4.79. The second-order valence-electron chi connectivity index (χ2n) is 6.49. The van der Waals surface area contributed by atoms with E-state index in [1.54, 1.807) is 0 Å². The number of benzene rings is 1. The van der Waals surface area contributed by atoms with Gasteiger partial charge in [0.05, 0.1) is 29.2 Å². The molecule has 108 valence electrons. The van der Waals surface area contributed by atoms with E-state index in [1.807, 2.05) is 51.1 Å². The number of fused-ring (bicyclic) bond motifs is 5. The van der Waals surface area contributed by atoms with Crippen LogP contribution in [0.1, 0.15) is 18.1 Å². The Morgan fingerprint density at radius 3 is 2.38 bits per heavy atom. The maximum absolute atomic E-state index is 12.8. The number of nitrogens with zero attached hydrogens (tertiary/aromatic N) is 1. The second kappa shape index (κ2) is 3.83. The molecule has 4 nitrogen and oxygen atoms in total. The molecule has 0 N–H and O–H groups in total. The van der Waals surface area contributed by atoms with Gasteiger partial charge in [-0.05, 0) is 44.0 Å². The zero-order chi connectivity index (χ0) is 14.9. The first-order chi connectivity index (χ1) is 9.90. The Balaban J connectivity index is 1.80. The number of anilines is 1. The molecule has 2 amide bonds. The van der Waals surface area contributed by atoms with E-state index in [0.29, 0.717) is 5.69 Å². The van der Waals surface area contributed by atoms with E-state index in [2.05, 4.69) is 0 Å². The molecule has 4 rings (SSSR count). The van der Waals surface area contributed by atoms with Crippen LogP contribution in [0.4, 0.5) is 5.69 Å². The van der Waals surface area contributed by atoms with Crippen LogP contribution in [0.25, 0.3) is 0 Å². The van der Waals surface area contributed by atoms with Gasteiger partial charge in [-0.1, -0.05) is 18.2 Å². The summed E-state index contributed by atoms with van der Waals surface area (Å²) in [7, 11) is 0. The highest BCUT2D eigenvalue weighted by Crippen LogP contribution is 2.52. The molecule has 0 saturated carbocycles. The van der Waals surface area contributed by atoms with Crippen molar-refractivity contribution in [1.29, 1.82) is 0 Å². The lowest BCUT2D eigenvalue weighted by atomic mass is 9.78. The first-order valence-corrected chi connectivity index (χ1v) is 7.24. The minimum Gasteiger partial charge on any atom is -0.362 e. The molecule has 4 atom stereocenters. The van der Waals surface area contributed by atoms with E-state index in [0.717, 1.165) is 11.1 Å². The maximum atomic E-state index is 12.8. The quantitative estimate of drug-likeness (QED) is 0.586. The Labute approximate surface area is 123 Å². The van der Waals surface area contributed by atoms with Gasteiger partial charge in [0.2, 0.25) is 11.8 Å². The summed E-state index contributed by atoms with van der Waals surface area (Å²) in [5.74, 6) is -1.02. The number of rotatable bonds is 1. The molecule has 0 radical (unpaired) electrons. The molecule has 3 heterocycles. The van der Waals surface area contributed by atoms with Crippen LogP contribution in [0.3, 0.4) is 0 Å². The Hall–Kier alpha value is -1.94. The van der Waals surface area contributed by atoms with Gasteiger partial charge in [-0.25, -0.2) is 4.90 Å². The van der Waals surface area contributed by atoms with E-state index < -0.39 is 5.60 Å². The van der Waals surface area contributed by atoms with Gasteiger partial charge in [0.15, 0.2) is 0 Å². The monoisotopic (exact) mass is 283 g/mol. The predicted octanol–water partition coefficient (Wildman–Crippen LogP) is 2.14. The van der Waals surface area contributed by atoms with Gasteiger partial charge in [-0.3, -0.25) is 9.59 Å². The van der Waals surface area contributed by atoms with Crippen LogP contribution in [0.15, 0.2) is 30.4 Å². The fourth-order valence-electron chi connectivity index (χ4n) is 3.99. The molecule has 4 unspecified atom stereocenters. The Morgan fingerprint density at radius 2 is 1.76 bits per heavy atom. The molecule has 2 fully saturated rings. The molecule has 1 aromatic carbocycles. The highest BCUT2D eigenvalue weighted by atomic mass is 16.5. The summed E-state index contributed by atoms with van der Waals surface area (Å²) in [6.45, 7) is 5.83. The van der Waals surface area contributed by atoms with Crippen molar-refractivity contribution in [2.45, 2.75) is 32.5 Å². The lowest BCUT2D eigenvalue weighted by Gasteiger charge is -2.24. The van der Waals surface area contributed by atoms with Crippen molar-refractivity contribution in [3.8, 4) is 0 Å². The van der Waals surface area contributed by atoms with Crippen molar-refractivity contribution < 1.29 is 14.3 Å². The van der Waals surface area contributed by atoms with Crippen LogP contribution in [-0.2, 0) is 14.3 Å². The van der Waals surface area contributed by atoms with Gasteiger partial charge in [-0.15, -0.1) is 0 Å². The Kier molecular flexibility index (Phi) is 2.33. The van der Waals surface area contributed by atoms with E-state index in [1.165, 1.54) is 4.90 Å². The molecule has 1 aromatic rings. The van der Waals surface area contributed by atoms with Crippen molar-refractivity contribution in [2.24, 2.45) is 11.8 Å². The molecule has 0 aromatic heterocycles. The smallest absolute Gasteiger partial charge is 0.241 e. The molecule has 3 aliphatic heterocycles. The van der Waals surface area contributed by atoms with Crippen LogP contribution < -0.4 is 4.90 Å². The lowest BCUT2D eigenvalue weighted by Crippen LogP contribution is -2.38. The summed E-state index contributed by atoms with van der Waals surface area (Å²) >= 11 is 0. The first-order valence-electron chi connectivity index (χ1n) is 7.24. The Bertz CT molecular complexity index is 688. The first kappa shape index (κ1) is 12.8. The number of carbonyl (C=O) groups is 2. The number of carbonyl (C=O) groups excluding carboxylic acids is 2. The summed E-state index contributed by atoms with van der Waals surface area (Å²) in [4.78, 5) is 26.9. The SMILES string of the molecule is Cc1cc(C)cc(N2C(=O)C3C4C=CC(C)(O4)C3C2=O)c1. The van der Waals surface area contributed by atoms with Crippen LogP contribution in [0, 0.1) is 25.7 Å². The lowest BCUT2D eigenvalue weighted by molar-refractivity contribution is -0.126. The topological polar surface area (TPSA) is 46.6 Å². The van der Waals surface area contributed by atoms with Gasteiger partial charge >= 0.3 is 0 Å². The highest BCUT2D eigenvalue weighted by Gasteiger charge is 2.66. The van der Waals surface area contributed by atoms with Crippen molar-refractivity contribution in [1.82, 2.24) is 0 Å². The molecular formula is C17H17NO3. The van der Waals surface area contributed by atoms with Crippen molar-refractivity contribution in [3.05, 3.63) is 41.5 Å². The molecular weight excluding hydrogens is 266 g/mol. The Morgan fingerprint density at radius 1 is 1.10 bits per heavy atom. The molecule has 0 aliphatic carbocycles. The third-order valence-electron chi connectivity index (χ3n) is 4.79. The van der Waals surface area contributed by atoms with E-state index >= 15 is 0 Å². The number of hydrogen-bond donors (Lipinski definition) is 0. The van der Waals surface area contributed by atoms with Crippen molar-refractivity contribution in [2.75, 3.05) is 4.90 Å². The van der Waals surface area contributed by atoms with Gasteiger partial charge in [0.25, 0.3) is 0 Å². The van der Waals surface area contributed by atoms with E-state index in [4.69, 9.17) is 4.74 Å². The largest absolute Gasteiger partial charge is 0.362 e. The summed E-state index contributed by atoms with van der Waals surface area (Å²) < 4.78 is 5.82. The van der Waals surface area contributed by atoms with E-state index in [9.17, 15) is 9.59 Å². The molecule has 4 heteroatoms. The zero-order valence-corrected chi connectivity index (χ0v) is 12.3. The summed E-state index contributed by atoms with van der Waals surface area (Å²) in [5, 5.41) is 0. The molecule has 3 aliphatic rings. The normalized spacial score (nSPS) is 36.7.